The molecule has 0 amide bonds. The van der Waals surface area contributed by atoms with Gasteiger partial charge in [0.05, 0.1) is 16.1 Å². The molecule has 8 nitrogen and oxygen atoms in total. The maximum absolute atomic E-state index is 13.1. The van der Waals surface area contributed by atoms with Crippen molar-refractivity contribution in [1.82, 2.24) is 15.0 Å². The van der Waals surface area contributed by atoms with Crippen molar-refractivity contribution in [3.05, 3.63) is 81.6 Å². The van der Waals surface area contributed by atoms with Gasteiger partial charge in [-0.25, -0.2) is 19.7 Å². The average Bonchev–Trinajstić information content (AvgIpc) is 3.35. The third-order valence-electron chi connectivity index (χ3n) is 6.35. The molecular weight excluding hydrogens is 521 g/mol. The van der Waals surface area contributed by atoms with Crippen LogP contribution in [-0.4, -0.2) is 36.2 Å². The van der Waals surface area contributed by atoms with Gasteiger partial charge in [-0.1, -0.05) is 6.07 Å². The zero-order chi connectivity index (χ0) is 27.2. The Morgan fingerprint density at radius 2 is 1.92 bits per heavy atom. The van der Waals surface area contributed by atoms with Crippen LogP contribution in [0.2, 0.25) is 0 Å². The number of hydrogen-bond acceptors (Lipinski definition) is 8. The van der Waals surface area contributed by atoms with Crippen molar-refractivity contribution < 1.29 is 33.3 Å². The topological polar surface area (TPSA) is 128 Å². The molecule has 4 aromatic rings. The number of phenols is 1. The molecule has 12 heteroatoms. The molecule has 1 aromatic carbocycles. The molecule has 3 heterocycles. The van der Waals surface area contributed by atoms with Crippen molar-refractivity contribution in [3.63, 3.8) is 0 Å². The third kappa shape index (κ3) is 4.68. The molecule has 196 valence electrons. The maximum Gasteiger partial charge on any atom is 0.416 e. The number of aromatic hydroxyl groups is 1. The Kier molecular flexibility index (Phi) is 6.32. The summed E-state index contributed by atoms with van der Waals surface area (Å²) in [6.45, 7) is 1.81. The van der Waals surface area contributed by atoms with E-state index in [1.165, 1.54) is 23.5 Å². The molecule has 1 aliphatic rings. The molecule has 0 spiro atoms. The van der Waals surface area contributed by atoms with Crippen LogP contribution < -0.4 is 5.32 Å². The van der Waals surface area contributed by atoms with E-state index in [-0.39, 0.29) is 22.9 Å². The van der Waals surface area contributed by atoms with E-state index in [0.29, 0.717) is 46.0 Å². The van der Waals surface area contributed by atoms with Crippen LogP contribution in [0.25, 0.3) is 10.6 Å². The lowest BCUT2D eigenvalue weighted by Crippen LogP contribution is -2.32. The number of carboxylic acids is 1. The summed E-state index contributed by atoms with van der Waals surface area (Å²) in [5.74, 6) is -1.34. The Morgan fingerprint density at radius 3 is 2.66 bits per heavy atom. The van der Waals surface area contributed by atoms with Gasteiger partial charge in [-0.2, -0.15) is 13.2 Å². The second-order valence-electron chi connectivity index (χ2n) is 9.00. The summed E-state index contributed by atoms with van der Waals surface area (Å²) in [7, 11) is 0. The average molecular weight is 543 g/mol. The number of hydrogen-bond donors (Lipinski definition) is 4. The van der Waals surface area contributed by atoms with E-state index in [4.69, 9.17) is 0 Å². The van der Waals surface area contributed by atoms with Gasteiger partial charge in [-0.05, 0) is 67.6 Å². The number of fused-ring (bicyclic) bond motifs is 1. The molecule has 3 aromatic heterocycles. The molecule has 38 heavy (non-hydrogen) atoms. The van der Waals surface area contributed by atoms with Crippen molar-refractivity contribution in [3.8, 4) is 16.3 Å². The second-order valence-corrected chi connectivity index (χ2v) is 10.0. The van der Waals surface area contributed by atoms with Crippen LogP contribution in [0, 0.1) is 6.92 Å². The van der Waals surface area contributed by atoms with Gasteiger partial charge in [0.25, 0.3) is 0 Å². The minimum Gasteiger partial charge on any atom is -0.507 e. The first kappa shape index (κ1) is 25.6. The van der Waals surface area contributed by atoms with Crippen LogP contribution in [0.1, 0.15) is 50.5 Å². The number of nitrogens with zero attached hydrogens (tertiary/aromatic N) is 3. The van der Waals surface area contributed by atoms with Gasteiger partial charge in [0.1, 0.15) is 33.6 Å². The highest BCUT2D eigenvalue weighted by Gasteiger charge is 2.40. The highest BCUT2D eigenvalue weighted by Crippen LogP contribution is 2.46. The number of aryl methyl sites for hydroxylation is 1. The normalized spacial score (nSPS) is 17.2. The minimum absolute atomic E-state index is 0.0115. The Bertz CT molecular complexity index is 1560. The largest absolute Gasteiger partial charge is 0.507 e. The standard InChI is InChI=1S/C26H21F3N4O4S/c1-13-9-18(32-21(10-13)33-20-11-14(6-8-30-20)26(27,28)29)19-12-31-24(38-19)25(37)7-2-3-15-17(25)5-4-16(22(15)34)23(35)36/h4-6,8-12,34,37H,2-3,7H2,1H3,(H,35,36)(H,30,32,33)/t25-/m1/s1. The number of benzene rings is 1. The van der Waals surface area contributed by atoms with Crippen molar-refractivity contribution in [2.24, 2.45) is 0 Å². The fraction of sp³-hybridized carbons (Fsp3) is 0.231. The lowest BCUT2D eigenvalue weighted by atomic mass is 9.78. The zero-order valence-corrected chi connectivity index (χ0v) is 20.7. The summed E-state index contributed by atoms with van der Waals surface area (Å²) in [4.78, 5) is 24.9. The van der Waals surface area contributed by atoms with E-state index in [2.05, 4.69) is 20.3 Å². The smallest absolute Gasteiger partial charge is 0.416 e. The number of aromatic carboxylic acids is 1. The zero-order valence-electron chi connectivity index (χ0n) is 19.9. The number of halogens is 3. The van der Waals surface area contributed by atoms with Gasteiger partial charge in [0.2, 0.25) is 0 Å². The Labute approximate surface area is 218 Å². The molecule has 1 atom stereocenters. The number of aromatic nitrogens is 3. The monoisotopic (exact) mass is 542 g/mol. The van der Waals surface area contributed by atoms with E-state index in [0.717, 1.165) is 23.9 Å². The number of nitrogens with one attached hydrogen (secondary N) is 1. The fourth-order valence-corrected chi connectivity index (χ4v) is 5.58. The number of thiazole rings is 1. The maximum atomic E-state index is 13.1. The number of rotatable bonds is 5. The number of pyridine rings is 2. The van der Waals surface area contributed by atoms with Crippen LogP contribution in [-0.2, 0) is 18.2 Å². The fourth-order valence-electron chi connectivity index (χ4n) is 4.57. The first-order valence-electron chi connectivity index (χ1n) is 11.5. The summed E-state index contributed by atoms with van der Waals surface area (Å²) in [6, 6.07) is 8.01. The lowest BCUT2D eigenvalue weighted by molar-refractivity contribution is -0.137. The van der Waals surface area contributed by atoms with E-state index in [1.807, 2.05) is 6.92 Å². The summed E-state index contributed by atoms with van der Waals surface area (Å²) in [5, 5.41) is 34.7. The Balaban J connectivity index is 1.48. The van der Waals surface area contributed by atoms with Crippen molar-refractivity contribution in [2.75, 3.05) is 5.32 Å². The molecule has 4 N–H and O–H groups in total. The molecule has 0 unspecified atom stereocenters. The van der Waals surface area contributed by atoms with Crippen LogP contribution in [0.15, 0.2) is 48.8 Å². The van der Waals surface area contributed by atoms with Crippen LogP contribution in [0.4, 0.5) is 24.8 Å². The van der Waals surface area contributed by atoms with Crippen LogP contribution in [0.5, 0.6) is 5.75 Å². The number of alkyl halides is 3. The number of aliphatic hydroxyl groups is 1. The first-order chi connectivity index (χ1) is 18.0. The van der Waals surface area contributed by atoms with E-state index in [9.17, 15) is 33.3 Å². The minimum atomic E-state index is -4.51. The summed E-state index contributed by atoms with van der Waals surface area (Å²) >= 11 is 1.19. The second kappa shape index (κ2) is 9.37. The van der Waals surface area contributed by atoms with Gasteiger partial charge >= 0.3 is 12.1 Å². The molecule has 0 fully saturated rings. The summed E-state index contributed by atoms with van der Waals surface area (Å²) < 4.78 is 39.2. The number of carboxylic acid groups (broad SMARTS) is 1. The van der Waals surface area contributed by atoms with E-state index in [1.54, 1.807) is 18.3 Å². The predicted octanol–water partition coefficient (Wildman–Crippen LogP) is 5.65. The van der Waals surface area contributed by atoms with E-state index < -0.39 is 23.3 Å². The molecular formula is C26H21F3N4O4S. The lowest BCUT2D eigenvalue weighted by Gasteiger charge is -2.33. The van der Waals surface area contributed by atoms with Crippen molar-refractivity contribution >= 4 is 28.9 Å². The number of carbonyl (C=O) groups is 1. The van der Waals surface area contributed by atoms with Crippen LogP contribution in [0.3, 0.4) is 0 Å². The summed E-state index contributed by atoms with van der Waals surface area (Å²) in [5.41, 5.74) is -0.534. The molecule has 0 saturated carbocycles. The third-order valence-corrected chi connectivity index (χ3v) is 7.52. The number of anilines is 2. The van der Waals surface area contributed by atoms with Gasteiger partial charge in [0.15, 0.2) is 0 Å². The SMILES string of the molecule is Cc1cc(Nc2cc(C(F)(F)F)ccn2)nc(-c2cnc([C@@]3(O)CCCc4c3ccc(C(=O)O)c4O)s2)c1. The highest BCUT2D eigenvalue weighted by molar-refractivity contribution is 7.15. The highest BCUT2D eigenvalue weighted by atomic mass is 32.1. The van der Waals surface area contributed by atoms with Gasteiger partial charge in [-0.15, -0.1) is 11.3 Å². The summed E-state index contributed by atoms with van der Waals surface area (Å²) in [6.07, 6.45) is -0.638. The molecule has 0 aliphatic heterocycles. The molecule has 1 aliphatic carbocycles. The molecule has 5 rings (SSSR count). The quantitative estimate of drug-likeness (QED) is 0.255. The van der Waals surface area contributed by atoms with Crippen LogP contribution >= 0.6 is 11.3 Å². The van der Waals surface area contributed by atoms with Gasteiger partial charge < -0.3 is 20.6 Å². The van der Waals surface area contributed by atoms with Crippen molar-refractivity contribution in [2.45, 2.75) is 38.0 Å². The predicted molar refractivity (Wildman–Crippen MR) is 134 cm³/mol. The van der Waals surface area contributed by atoms with Gasteiger partial charge in [0, 0.05) is 18.0 Å². The van der Waals surface area contributed by atoms with Gasteiger partial charge in [-0.3, -0.25) is 0 Å². The molecule has 0 bridgehead atoms. The Hall–Kier alpha value is -4.03. The Morgan fingerprint density at radius 1 is 1.13 bits per heavy atom. The first-order valence-corrected chi connectivity index (χ1v) is 12.3. The molecule has 0 saturated heterocycles. The van der Waals surface area contributed by atoms with Crippen molar-refractivity contribution in [1.29, 1.82) is 0 Å². The van der Waals surface area contributed by atoms with E-state index >= 15 is 0 Å². The molecule has 0 radical (unpaired) electrons.